The minimum atomic E-state index is 0.714. The van der Waals surface area contributed by atoms with Crippen LogP contribution in [0.3, 0.4) is 0 Å². The maximum Gasteiger partial charge on any atom is 0.181 e. The summed E-state index contributed by atoms with van der Waals surface area (Å²) in [5.74, 6) is 2.65. The van der Waals surface area contributed by atoms with E-state index in [2.05, 4.69) is 22.1 Å². The molecule has 3 atom stereocenters. The SMILES string of the molecule is CCC1C2CNCC2CN1Cc1ncoc1C. The minimum Gasteiger partial charge on any atom is -0.448 e. The summed E-state index contributed by atoms with van der Waals surface area (Å²) in [6, 6.07) is 0.714. The zero-order chi connectivity index (χ0) is 11.8. The van der Waals surface area contributed by atoms with E-state index in [1.54, 1.807) is 6.39 Å². The number of nitrogens with one attached hydrogen (secondary N) is 1. The van der Waals surface area contributed by atoms with Gasteiger partial charge in [0.1, 0.15) is 5.76 Å². The zero-order valence-corrected chi connectivity index (χ0v) is 10.6. The fourth-order valence-electron chi connectivity index (χ4n) is 3.53. The van der Waals surface area contributed by atoms with E-state index in [-0.39, 0.29) is 0 Å². The van der Waals surface area contributed by atoms with E-state index >= 15 is 0 Å². The molecule has 1 aromatic heterocycles. The second kappa shape index (κ2) is 4.42. The lowest BCUT2D eigenvalue weighted by Gasteiger charge is -2.26. The Bertz CT molecular complexity index is 390. The maximum atomic E-state index is 5.29. The molecule has 3 unspecified atom stereocenters. The Morgan fingerprint density at radius 1 is 1.53 bits per heavy atom. The van der Waals surface area contributed by atoms with Gasteiger partial charge >= 0.3 is 0 Å². The van der Waals surface area contributed by atoms with Crippen molar-refractivity contribution in [3.8, 4) is 0 Å². The summed E-state index contributed by atoms with van der Waals surface area (Å²) in [5, 5.41) is 3.52. The number of fused-ring (bicyclic) bond motifs is 1. The molecule has 94 valence electrons. The molecule has 0 spiro atoms. The van der Waals surface area contributed by atoms with E-state index in [0.29, 0.717) is 6.04 Å². The molecule has 1 N–H and O–H groups in total. The molecule has 2 aliphatic heterocycles. The average molecular weight is 235 g/mol. The largest absolute Gasteiger partial charge is 0.448 e. The van der Waals surface area contributed by atoms with E-state index in [0.717, 1.165) is 29.8 Å². The molecule has 4 heteroatoms. The van der Waals surface area contributed by atoms with Gasteiger partial charge in [0.2, 0.25) is 0 Å². The van der Waals surface area contributed by atoms with Gasteiger partial charge in [0.05, 0.1) is 5.69 Å². The van der Waals surface area contributed by atoms with Crippen LogP contribution in [0.15, 0.2) is 10.8 Å². The Morgan fingerprint density at radius 2 is 2.41 bits per heavy atom. The van der Waals surface area contributed by atoms with Crippen LogP contribution in [0.4, 0.5) is 0 Å². The molecule has 0 radical (unpaired) electrons. The number of aryl methyl sites for hydroxylation is 1. The first-order chi connectivity index (χ1) is 8.29. The van der Waals surface area contributed by atoms with Crippen LogP contribution in [0.5, 0.6) is 0 Å². The van der Waals surface area contributed by atoms with Gasteiger partial charge in [0.15, 0.2) is 6.39 Å². The number of likely N-dealkylation sites (tertiary alicyclic amines) is 1. The van der Waals surface area contributed by atoms with Crippen molar-refractivity contribution in [3.05, 3.63) is 17.8 Å². The second-order valence-electron chi connectivity index (χ2n) is 5.34. The van der Waals surface area contributed by atoms with E-state index < -0.39 is 0 Å². The lowest BCUT2D eigenvalue weighted by Crippen LogP contribution is -2.34. The predicted molar refractivity (Wildman–Crippen MR) is 65.6 cm³/mol. The Balaban J connectivity index is 1.73. The molecule has 3 rings (SSSR count). The van der Waals surface area contributed by atoms with Crippen LogP contribution in [0.25, 0.3) is 0 Å². The van der Waals surface area contributed by atoms with Crippen molar-refractivity contribution >= 4 is 0 Å². The molecule has 0 bridgehead atoms. The Morgan fingerprint density at radius 3 is 3.12 bits per heavy atom. The molecule has 2 aliphatic rings. The third kappa shape index (κ3) is 1.89. The number of aromatic nitrogens is 1. The standard InChI is InChI=1S/C13H21N3O/c1-3-13-11-5-14-4-10(11)6-16(13)7-12-9(2)17-8-15-12/h8,10-11,13-14H,3-7H2,1-2H3. The van der Waals surface area contributed by atoms with Crippen LogP contribution < -0.4 is 5.32 Å². The third-order valence-electron chi connectivity index (χ3n) is 4.44. The van der Waals surface area contributed by atoms with Gasteiger partial charge in [-0.1, -0.05) is 6.92 Å². The van der Waals surface area contributed by atoms with Gasteiger partial charge in [-0.3, -0.25) is 4.90 Å². The summed E-state index contributed by atoms with van der Waals surface area (Å²) in [7, 11) is 0. The number of nitrogens with zero attached hydrogens (tertiary/aromatic N) is 2. The highest BCUT2D eigenvalue weighted by molar-refractivity contribution is 5.07. The quantitative estimate of drug-likeness (QED) is 0.860. The predicted octanol–water partition coefficient (Wildman–Crippen LogP) is 1.41. The molecule has 17 heavy (non-hydrogen) atoms. The Kier molecular flexibility index (Phi) is 2.92. The van der Waals surface area contributed by atoms with E-state index in [4.69, 9.17) is 4.42 Å². The first-order valence-electron chi connectivity index (χ1n) is 6.63. The third-order valence-corrected chi connectivity index (χ3v) is 4.44. The lowest BCUT2D eigenvalue weighted by molar-refractivity contribution is 0.207. The van der Waals surface area contributed by atoms with Gasteiger partial charge in [-0.15, -0.1) is 0 Å². The van der Waals surface area contributed by atoms with Crippen molar-refractivity contribution in [1.29, 1.82) is 0 Å². The van der Waals surface area contributed by atoms with Gasteiger partial charge in [-0.05, 0) is 38.3 Å². The van der Waals surface area contributed by atoms with Crippen LogP contribution in [0.2, 0.25) is 0 Å². The fourth-order valence-corrected chi connectivity index (χ4v) is 3.53. The normalized spacial score (nSPS) is 33.2. The summed E-state index contributed by atoms with van der Waals surface area (Å²) < 4.78 is 5.29. The summed E-state index contributed by atoms with van der Waals surface area (Å²) in [4.78, 5) is 6.92. The molecule has 2 fully saturated rings. The van der Waals surface area contributed by atoms with Crippen molar-refractivity contribution in [3.63, 3.8) is 0 Å². The molecule has 0 saturated carbocycles. The number of oxazole rings is 1. The Labute approximate surface area is 102 Å². The van der Waals surface area contributed by atoms with Gasteiger partial charge < -0.3 is 9.73 Å². The first kappa shape index (κ1) is 11.2. The van der Waals surface area contributed by atoms with E-state index in [1.807, 2.05) is 6.92 Å². The number of hydrogen-bond acceptors (Lipinski definition) is 4. The molecule has 2 saturated heterocycles. The summed E-state index contributed by atoms with van der Waals surface area (Å²) in [6.07, 6.45) is 2.80. The smallest absolute Gasteiger partial charge is 0.181 e. The van der Waals surface area contributed by atoms with Crippen molar-refractivity contribution in [2.75, 3.05) is 19.6 Å². The highest BCUT2D eigenvalue weighted by atomic mass is 16.3. The van der Waals surface area contributed by atoms with Crippen LogP contribution in [-0.4, -0.2) is 35.6 Å². The zero-order valence-electron chi connectivity index (χ0n) is 10.6. The van der Waals surface area contributed by atoms with Crippen LogP contribution >= 0.6 is 0 Å². The van der Waals surface area contributed by atoms with E-state index in [1.165, 1.54) is 26.1 Å². The van der Waals surface area contributed by atoms with Crippen molar-refractivity contribution < 1.29 is 4.42 Å². The maximum absolute atomic E-state index is 5.29. The second-order valence-corrected chi connectivity index (χ2v) is 5.34. The Hall–Kier alpha value is -0.870. The summed E-state index contributed by atoms with van der Waals surface area (Å²) in [6.45, 7) is 8.85. The van der Waals surface area contributed by atoms with Crippen molar-refractivity contribution in [1.82, 2.24) is 15.2 Å². The van der Waals surface area contributed by atoms with Gasteiger partial charge in [-0.2, -0.15) is 0 Å². The van der Waals surface area contributed by atoms with Crippen molar-refractivity contribution in [2.45, 2.75) is 32.9 Å². The highest BCUT2D eigenvalue weighted by Gasteiger charge is 2.43. The fraction of sp³-hybridized carbons (Fsp3) is 0.769. The van der Waals surface area contributed by atoms with Crippen molar-refractivity contribution in [2.24, 2.45) is 11.8 Å². The van der Waals surface area contributed by atoms with Gasteiger partial charge in [0, 0.05) is 19.1 Å². The summed E-state index contributed by atoms with van der Waals surface area (Å²) >= 11 is 0. The molecular weight excluding hydrogens is 214 g/mol. The molecule has 4 nitrogen and oxygen atoms in total. The van der Waals surface area contributed by atoms with Crippen LogP contribution in [0, 0.1) is 18.8 Å². The van der Waals surface area contributed by atoms with Crippen LogP contribution in [0.1, 0.15) is 24.8 Å². The molecular formula is C13H21N3O. The highest BCUT2D eigenvalue weighted by Crippen LogP contribution is 2.35. The van der Waals surface area contributed by atoms with E-state index in [9.17, 15) is 0 Å². The monoisotopic (exact) mass is 235 g/mol. The minimum absolute atomic E-state index is 0.714. The molecule has 1 aromatic rings. The molecule has 0 aromatic carbocycles. The van der Waals surface area contributed by atoms with Gasteiger partial charge in [-0.25, -0.2) is 4.98 Å². The lowest BCUT2D eigenvalue weighted by atomic mass is 9.93. The molecule has 0 amide bonds. The number of hydrogen-bond donors (Lipinski definition) is 1. The summed E-state index contributed by atoms with van der Waals surface area (Å²) in [5.41, 5.74) is 1.11. The average Bonchev–Trinajstić information content (AvgIpc) is 2.96. The number of rotatable bonds is 3. The van der Waals surface area contributed by atoms with Crippen LogP contribution in [-0.2, 0) is 6.54 Å². The first-order valence-corrected chi connectivity index (χ1v) is 6.63. The topological polar surface area (TPSA) is 41.3 Å². The van der Waals surface area contributed by atoms with Gasteiger partial charge in [0.25, 0.3) is 0 Å². The molecule has 0 aliphatic carbocycles. The molecule has 3 heterocycles.